The number of carbonyl (C=O) groups excluding carboxylic acids is 3. The zero-order chi connectivity index (χ0) is 36.0. The minimum Gasteiger partial charge on any atom is -0.444 e. The Hall–Kier alpha value is -6.87. The second-order valence-electron chi connectivity index (χ2n) is 11.7. The standard InChI is InChI=1S/C43H36N2O7/c46-41(49-27-31-7-3-1-4-8-31)44-39-23-19-37(20-24-39)35-15-11-33(12-16-35)29-51-43(48)52-30-34-13-17-36(18-14-34)38-21-25-40(26-22-38)45-42(47)50-28-32-9-5-2-6-10-32/h1-26H,27-30H2,(H,44,46)(H,45,47). The molecule has 0 aromatic heterocycles. The molecule has 0 aliphatic carbocycles. The minimum atomic E-state index is -0.760. The van der Waals surface area contributed by atoms with Gasteiger partial charge in [-0.3, -0.25) is 10.6 Å². The van der Waals surface area contributed by atoms with E-state index in [0.717, 1.165) is 44.5 Å². The van der Waals surface area contributed by atoms with Gasteiger partial charge in [-0.25, -0.2) is 14.4 Å². The SMILES string of the molecule is O=C(Nc1ccc(-c2ccc(COC(=O)OCc3ccc(-c4ccc(NC(=O)OCc5ccccc5)cc4)cc3)cc2)cc1)OCc1ccccc1. The molecule has 0 spiro atoms. The topological polar surface area (TPSA) is 112 Å². The van der Waals surface area contributed by atoms with Crippen molar-refractivity contribution in [3.63, 3.8) is 0 Å². The summed E-state index contributed by atoms with van der Waals surface area (Å²) in [7, 11) is 0. The lowest BCUT2D eigenvalue weighted by molar-refractivity contribution is 0.0446. The predicted molar refractivity (Wildman–Crippen MR) is 199 cm³/mol. The maximum Gasteiger partial charge on any atom is 0.508 e. The third-order valence-corrected chi connectivity index (χ3v) is 7.98. The van der Waals surface area contributed by atoms with Crippen molar-refractivity contribution in [2.24, 2.45) is 0 Å². The monoisotopic (exact) mass is 692 g/mol. The summed E-state index contributed by atoms with van der Waals surface area (Å²) >= 11 is 0. The van der Waals surface area contributed by atoms with E-state index < -0.39 is 18.3 Å². The first-order valence-corrected chi connectivity index (χ1v) is 16.6. The summed E-state index contributed by atoms with van der Waals surface area (Å²) in [6.07, 6.45) is -1.80. The summed E-state index contributed by atoms with van der Waals surface area (Å²) in [5, 5.41) is 5.47. The van der Waals surface area contributed by atoms with E-state index in [1.54, 1.807) is 0 Å². The smallest absolute Gasteiger partial charge is 0.444 e. The highest BCUT2D eigenvalue weighted by molar-refractivity contribution is 5.86. The Kier molecular flexibility index (Phi) is 11.9. The molecule has 2 amide bonds. The van der Waals surface area contributed by atoms with Crippen molar-refractivity contribution in [1.29, 1.82) is 0 Å². The van der Waals surface area contributed by atoms with Crippen LogP contribution < -0.4 is 10.6 Å². The Morgan fingerprint density at radius 3 is 0.981 bits per heavy atom. The molecular weight excluding hydrogens is 656 g/mol. The Labute approximate surface area is 301 Å². The van der Waals surface area contributed by atoms with Gasteiger partial charge in [-0.05, 0) is 68.8 Å². The zero-order valence-electron chi connectivity index (χ0n) is 28.2. The van der Waals surface area contributed by atoms with Crippen LogP contribution in [0, 0.1) is 0 Å². The lowest BCUT2D eigenvalue weighted by atomic mass is 10.0. The fraction of sp³-hybridized carbons (Fsp3) is 0.0930. The quantitative estimate of drug-likeness (QED) is 0.0969. The molecule has 9 nitrogen and oxygen atoms in total. The number of benzene rings is 6. The molecule has 0 aliphatic heterocycles. The number of ether oxygens (including phenoxy) is 4. The summed E-state index contributed by atoms with van der Waals surface area (Å²) < 4.78 is 21.2. The summed E-state index contributed by atoms with van der Waals surface area (Å²) in [6.45, 7) is 0.535. The highest BCUT2D eigenvalue weighted by Gasteiger charge is 2.09. The molecular formula is C43H36N2O7. The van der Waals surface area contributed by atoms with Crippen LogP contribution in [0.1, 0.15) is 22.3 Å². The first kappa shape index (κ1) is 35.0. The number of carbonyl (C=O) groups is 3. The molecule has 2 N–H and O–H groups in total. The van der Waals surface area contributed by atoms with Gasteiger partial charge in [-0.2, -0.15) is 0 Å². The maximum absolute atomic E-state index is 12.3. The average molecular weight is 693 g/mol. The highest BCUT2D eigenvalue weighted by Crippen LogP contribution is 2.24. The first-order valence-electron chi connectivity index (χ1n) is 16.6. The molecule has 9 heteroatoms. The van der Waals surface area contributed by atoms with Gasteiger partial charge >= 0.3 is 18.3 Å². The molecule has 0 aliphatic rings. The third kappa shape index (κ3) is 10.6. The zero-order valence-corrected chi connectivity index (χ0v) is 28.2. The lowest BCUT2D eigenvalue weighted by Gasteiger charge is -2.10. The van der Waals surface area contributed by atoms with E-state index in [9.17, 15) is 14.4 Å². The average Bonchev–Trinajstić information content (AvgIpc) is 3.19. The molecule has 0 heterocycles. The molecule has 6 rings (SSSR count). The minimum absolute atomic E-state index is 0.0710. The lowest BCUT2D eigenvalue weighted by Crippen LogP contribution is -2.13. The molecule has 0 atom stereocenters. The summed E-state index contributed by atoms with van der Waals surface area (Å²) in [4.78, 5) is 36.6. The second kappa shape index (κ2) is 17.7. The number of hydrogen-bond acceptors (Lipinski definition) is 7. The van der Waals surface area contributed by atoms with Gasteiger partial charge in [0.1, 0.15) is 26.4 Å². The molecule has 0 radical (unpaired) electrons. The highest BCUT2D eigenvalue weighted by atomic mass is 16.7. The molecule has 0 unspecified atom stereocenters. The summed E-state index contributed by atoms with van der Waals surface area (Å²) in [5.74, 6) is 0. The number of amides is 2. The van der Waals surface area contributed by atoms with Gasteiger partial charge in [0.2, 0.25) is 0 Å². The van der Waals surface area contributed by atoms with Crippen LogP contribution in [0.15, 0.2) is 158 Å². The van der Waals surface area contributed by atoms with E-state index in [-0.39, 0.29) is 26.4 Å². The van der Waals surface area contributed by atoms with E-state index in [1.165, 1.54) is 0 Å². The van der Waals surface area contributed by atoms with Crippen LogP contribution in [-0.4, -0.2) is 18.3 Å². The van der Waals surface area contributed by atoms with E-state index in [1.807, 2.05) is 158 Å². The fourth-order valence-electron chi connectivity index (χ4n) is 5.16. The number of rotatable bonds is 12. The van der Waals surface area contributed by atoms with Crippen molar-refractivity contribution < 1.29 is 33.3 Å². The maximum atomic E-state index is 12.3. The van der Waals surface area contributed by atoms with Gasteiger partial charge in [0.25, 0.3) is 0 Å². The van der Waals surface area contributed by atoms with Crippen molar-refractivity contribution in [3.05, 3.63) is 180 Å². The number of nitrogens with one attached hydrogen (secondary N) is 2. The van der Waals surface area contributed by atoms with Crippen LogP contribution in [0.2, 0.25) is 0 Å². The van der Waals surface area contributed by atoms with Gasteiger partial charge < -0.3 is 18.9 Å². The van der Waals surface area contributed by atoms with Crippen LogP contribution in [0.5, 0.6) is 0 Å². The molecule has 52 heavy (non-hydrogen) atoms. The molecule has 0 saturated carbocycles. The molecule has 6 aromatic rings. The fourth-order valence-corrected chi connectivity index (χ4v) is 5.16. The van der Waals surface area contributed by atoms with Gasteiger partial charge in [-0.15, -0.1) is 0 Å². The molecule has 0 fully saturated rings. The van der Waals surface area contributed by atoms with Crippen LogP contribution >= 0.6 is 0 Å². The van der Waals surface area contributed by atoms with Crippen LogP contribution in [0.25, 0.3) is 22.3 Å². The van der Waals surface area contributed by atoms with Crippen LogP contribution in [0.3, 0.4) is 0 Å². The Bertz CT molecular complexity index is 1900. The van der Waals surface area contributed by atoms with Gasteiger partial charge in [0.05, 0.1) is 0 Å². The van der Waals surface area contributed by atoms with Crippen molar-refractivity contribution in [2.45, 2.75) is 26.4 Å². The number of hydrogen-bond donors (Lipinski definition) is 2. The predicted octanol–water partition coefficient (Wildman–Crippen LogP) is 10.4. The van der Waals surface area contributed by atoms with Gasteiger partial charge in [0, 0.05) is 11.4 Å². The molecule has 260 valence electrons. The van der Waals surface area contributed by atoms with Crippen LogP contribution in [0.4, 0.5) is 25.8 Å². The van der Waals surface area contributed by atoms with Crippen molar-refractivity contribution in [1.82, 2.24) is 0 Å². The van der Waals surface area contributed by atoms with Crippen molar-refractivity contribution >= 4 is 29.7 Å². The Morgan fingerprint density at radius 1 is 0.346 bits per heavy atom. The second-order valence-corrected chi connectivity index (χ2v) is 11.7. The van der Waals surface area contributed by atoms with E-state index in [4.69, 9.17) is 18.9 Å². The molecule has 0 bridgehead atoms. The summed E-state index contributed by atoms with van der Waals surface area (Å²) in [6, 6.07) is 49.1. The normalized spacial score (nSPS) is 10.5. The first-order chi connectivity index (χ1) is 25.5. The Morgan fingerprint density at radius 2 is 0.635 bits per heavy atom. The van der Waals surface area contributed by atoms with E-state index >= 15 is 0 Å². The summed E-state index contributed by atoms with van der Waals surface area (Å²) in [5.41, 5.74) is 8.58. The van der Waals surface area contributed by atoms with Crippen LogP contribution in [-0.2, 0) is 45.4 Å². The van der Waals surface area contributed by atoms with Gasteiger partial charge in [-0.1, -0.05) is 133 Å². The third-order valence-electron chi connectivity index (χ3n) is 7.98. The van der Waals surface area contributed by atoms with Crippen molar-refractivity contribution in [2.75, 3.05) is 10.6 Å². The van der Waals surface area contributed by atoms with E-state index in [0.29, 0.717) is 11.4 Å². The molecule has 0 saturated heterocycles. The Balaban J connectivity index is 0.895. The van der Waals surface area contributed by atoms with E-state index in [2.05, 4.69) is 10.6 Å². The molecule has 6 aromatic carbocycles. The largest absolute Gasteiger partial charge is 0.508 e. The van der Waals surface area contributed by atoms with Gasteiger partial charge in [0.15, 0.2) is 0 Å². The number of anilines is 2. The van der Waals surface area contributed by atoms with Crippen molar-refractivity contribution in [3.8, 4) is 22.3 Å².